The number of hydrogen-bond acceptors (Lipinski definition) is 7. The molecule has 4 atom stereocenters. The van der Waals surface area contributed by atoms with Crippen LogP contribution in [0.3, 0.4) is 0 Å². The van der Waals surface area contributed by atoms with E-state index in [1.807, 2.05) is 0 Å². The first kappa shape index (κ1) is 14.5. The highest BCUT2D eigenvalue weighted by molar-refractivity contribution is 7.71. The number of fused-ring (bicyclic) bond motifs is 1. The number of nitrogens with zero attached hydrogens (tertiary/aromatic N) is 4. The molecule has 1 fully saturated rings. The maximum atomic E-state index is 10.1. The summed E-state index contributed by atoms with van der Waals surface area (Å²) in [5, 5.41) is 19.4. The van der Waals surface area contributed by atoms with Crippen molar-refractivity contribution in [3.05, 3.63) is 17.3 Å². The molecule has 3 rings (SSSR count). The molecule has 0 radical (unpaired) electrons. The zero-order valence-corrected chi connectivity index (χ0v) is 12.4. The monoisotopic (exact) mass is 312 g/mol. The minimum Gasteiger partial charge on any atom is -0.394 e. The maximum absolute atomic E-state index is 10.1. The molecule has 114 valence electrons. The van der Waals surface area contributed by atoms with Gasteiger partial charge in [-0.25, -0.2) is 9.97 Å². The summed E-state index contributed by atoms with van der Waals surface area (Å²) in [6, 6.07) is 0. The number of aliphatic hydroxyl groups is 2. The summed E-state index contributed by atoms with van der Waals surface area (Å²) in [5.41, 5.74) is 1.13. The van der Waals surface area contributed by atoms with E-state index in [1.54, 1.807) is 28.8 Å². The van der Waals surface area contributed by atoms with Crippen LogP contribution in [0.25, 0.3) is 11.2 Å². The van der Waals surface area contributed by atoms with E-state index in [1.165, 1.54) is 7.11 Å². The van der Waals surface area contributed by atoms with Crippen molar-refractivity contribution in [2.24, 2.45) is 7.05 Å². The van der Waals surface area contributed by atoms with Gasteiger partial charge in [0, 0.05) is 14.2 Å². The standard InChI is InChI=1S/C12H16N4O4S/c1-15-4-14-10-7(12(15)21)13-5-16(10)11-9(19-2)8(18)6(3-17)20-11/h4-6,8-9,11,17-18H,3H2,1-2H3/t6-,8-,9-,11-/m1/s1. The summed E-state index contributed by atoms with van der Waals surface area (Å²) in [4.78, 5) is 8.57. The zero-order valence-electron chi connectivity index (χ0n) is 11.6. The number of aryl methyl sites for hydroxylation is 1. The quantitative estimate of drug-likeness (QED) is 0.756. The van der Waals surface area contributed by atoms with Gasteiger partial charge in [0.1, 0.15) is 28.5 Å². The van der Waals surface area contributed by atoms with Crippen LogP contribution in [-0.4, -0.2) is 61.3 Å². The van der Waals surface area contributed by atoms with E-state index >= 15 is 0 Å². The molecule has 21 heavy (non-hydrogen) atoms. The number of ether oxygens (including phenoxy) is 2. The summed E-state index contributed by atoms with van der Waals surface area (Å²) < 4.78 is 14.9. The lowest BCUT2D eigenvalue weighted by atomic mass is 10.1. The molecule has 2 aromatic heterocycles. The summed E-state index contributed by atoms with van der Waals surface area (Å²) >= 11 is 5.30. The molecular formula is C12H16N4O4S. The fourth-order valence-corrected chi connectivity index (χ4v) is 2.72. The van der Waals surface area contributed by atoms with E-state index in [9.17, 15) is 10.2 Å². The summed E-state index contributed by atoms with van der Waals surface area (Å²) in [7, 11) is 3.28. The Morgan fingerprint density at radius 1 is 1.43 bits per heavy atom. The van der Waals surface area contributed by atoms with E-state index in [2.05, 4.69) is 9.97 Å². The topological polar surface area (TPSA) is 94.6 Å². The summed E-state index contributed by atoms with van der Waals surface area (Å²) in [6.07, 6.45) is 0.270. The van der Waals surface area contributed by atoms with Gasteiger partial charge in [0.15, 0.2) is 11.9 Å². The first-order valence-electron chi connectivity index (χ1n) is 6.43. The molecule has 1 aliphatic heterocycles. The predicted molar refractivity (Wildman–Crippen MR) is 75.1 cm³/mol. The third kappa shape index (κ3) is 2.17. The minimum atomic E-state index is -0.926. The van der Waals surface area contributed by atoms with Gasteiger partial charge >= 0.3 is 0 Å². The van der Waals surface area contributed by atoms with E-state index in [0.717, 1.165) is 0 Å². The van der Waals surface area contributed by atoms with E-state index in [0.29, 0.717) is 15.8 Å². The highest BCUT2D eigenvalue weighted by Crippen LogP contribution is 2.32. The van der Waals surface area contributed by atoms with Gasteiger partial charge in [0.05, 0.1) is 19.3 Å². The smallest absolute Gasteiger partial charge is 0.166 e. The number of hydrogen-bond donors (Lipinski definition) is 2. The molecule has 9 heteroatoms. The zero-order chi connectivity index (χ0) is 15.1. The second-order valence-electron chi connectivity index (χ2n) is 4.92. The molecule has 0 unspecified atom stereocenters. The molecule has 0 amide bonds. The van der Waals surface area contributed by atoms with Crippen LogP contribution in [-0.2, 0) is 16.5 Å². The first-order valence-corrected chi connectivity index (χ1v) is 6.84. The second-order valence-corrected chi connectivity index (χ2v) is 5.31. The average molecular weight is 312 g/mol. The van der Waals surface area contributed by atoms with E-state index in [4.69, 9.17) is 21.7 Å². The van der Waals surface area contributed by atoms with Crippen molar-refractivity contribution in [3.63, 3.8) is 0 Å². The molecule has 8 nitrogen and oxygen atoms in total. The van der Waals surface area contributed by atoms with Gasteiger partial charge in [-0.05, 0) is 0 Å². The Morgan fingerprint density at radius 3 is 2.86 bits per heavy atom. The highest BCUT2D eigenvalue weighted by atomic mass is 32.1. The van der Waals surface area contributed by atoms with Crippen LogP contribution in [0.2, 0.25) is 0 Å². The van der Waals surface area contributed by atoms with Crippen molar-refractivity contribution < 1.29 is 19.7 Å². The van der Waals surface area contributed by atoms with Gasteiger partial charge in [-0.15, -0.1) is 0 Å². The van der Waals surface area contributed by atoms with Gasteiger partial charge < -0.3 is 24.3 Å². The molecule has 0 bridgehead atoms. The van der Waals surface area contributed by atoms with Crippen LogP contribution in [0.15, 0.2) is 12.7 Å². The molecule has 3 heterocycles. The Labute approximate surface area is 125 Å². The molecule has 0 aliphatic carbocycles. The number of rotatable bonds is 3. The van der Waals surface area contributed by atoms with Crippen molar-refractivity contribution in [2.75, 3.05) is 13.7 Å². The Morgan fingerprint density at radius 2 is 2.19 bits per heavy atom. The SMILES string of the molecule is CO[C@@H]1[C@H](O)[C@@H](CO)O[C@H]1n1cnc2c(=S)n(C)cnc21. The molecule has 0 spiro atoms. The Bertz CT molecular complexity index is 715. The molecule has 2 N–H and O–H groups in total. The normalized spacial score (nSPS) is 29.3. The number of imidazole rings is 1. The van der Waals surface area contributed by atoms with Gasteiger partial charge in [-0.1, -0.05) is 12.2 Å². The average Bonchev–Trinajstić information content (AvgIpc) is 3.03. The Kier molecular flexibility index (Phi) is 3.76. The highest BCUT2D eigenvalue weighted by Gasteiger charge is 2.45. The fourth-order valence-electron chi connectivity index (χ4n) is 2.53. The number of aromatic nitrogens is 4. The van der Waals surface area contributed by atoms with Crippen LogP contribution in [0.5, 0.6) is 0 Å². The van der Waals surface area contributed by atoms with Crippen molar-refractivity contribution in [1.29, 1.82) is 0 Å². The third-order valence-electron chi connectivity index (χ3n) is 3.68. The van der Waals surface area contributed by atoms with Gasteiger partial charge in [0.2, 0.25) is 0 Å². The lowest BCUT2D eigenvalue weighted by Crippen LogP contribution is -2.34. The van der Waals surface area contributed by atoms with Crippen molar-refractivity contribution in [1.82, 2.24) is 19.1 Å². The van der Waals surface area contributed by atoms with E-state index < -0.39 is 24.5 Å². The largest absolute Gasteiger partial charge is 0.394 e. The lowest BCUT2D eigenvalue weighted by molar-refractivity contribution is -0.0583. The molecular weight excluding hydrogens is 296 g/mol. The van der Waals surface area contributed by atoms with Crippen LogP contribution in [0.4, 0.5) is 0 Å². The van der Waals surface area contributed by atoms with Gasteiger partial charge in [-0.3, -0.25) is 4.57 Å². The number of aliphatic hydroxyl groups excluding tert-OH is 2. The Hall–Kier alpha value is -1.39. The third-order valence-corrected chi connectivity index (χ3v) is 4.16. The van der Waals surface area contributed by atoms with Crippen LogP contribution in [0.1, 0.15) is 6.23 Å². The maximum Gasteiger partial charge on any atom is 0.166 e. The van der Waals surface area contributed by atoms with Crippen molar-refractivity contribution in [2.45, 2.75) is 24.5 Å². The second kappa shape index (κ2) is 5.43. The number of methoxy groups -OCH3 is 1. The van der Waals surface area contributed by atoms with Crippen LogP contribution < -0.4 is 0 Å². The molecule has 0 aromatic carbocycles. The lowest BCUT2D eigenvalue weighted by Gasteiger charge is -2.19. The fraction of sp³-hybridized carbons (Fsp3) is 0.583. The van der Waals surface area contributed by atoms with Crippen LogP contribution in [0, 0.1) is 4.64 Å². The summed E-state index contributed by atoms with van der Waals surface area (Å²) in [5.74, 6) is 0. The van der Waals surface area contributed by atoms with E-state index in [-0.39, 0.29) is 6.61 Å². The van der Waals surface area contributed by atoms with Gasteiger partial charge in [-0.2, -0.15) is 0 Å². The molecule has 2 aromatic rings. The first-order chi connectivity index (χ1) is 10.1. The summed E-state index contributed by atoms with van der Waals surface area (Å²) in [6.45, 7) is -0.293. The minimum absolute atomic E-state index is 0.293. The predicted octanol–water partition coefficient (Wildman–Crippen LogP) is -0.235. The van der Waals surface area contributed by atoms with Crippen molar-refractivity contribution in [3.8, 4) is 0 Å². The molecule has 1 saturated heterocycles. The Balaban J connectivity index is 2.08. The molecule has 1 aliphatic rings. The van der Waals surface area contributed by atoms with Crippen LogP contribution >= 0.6 is 12.2 Å². The van der Waals surface area contributed by atoms with Crippen molar-refractivity contribution >= 4 is 23.4 Å². The molecule has 0 saturated carbocycles. The van der Waals surface area contributed by atoms with Gasteiger partial charge in [0.25, 0.3) is 0 Å².